The van der Waals surface area contributed by atoms with E-state index >= 15 is 0 Å². The van der Waals surface area contributed by atoms with Crippen LogP contribution in [-0.4, -0.2) is 38.8 Å². The summed E-state index contributed by atoms with van der Waals surface area (Å²) >= 11 is 12.2. The molecule has 0 aliphatic heterocycles. The third kappa shape index (κ3) is 6.51. The summed E-state index contributed by atoms with van der Waals surface area (Å²) in [6.07, 6.45) is 0.424. The largest absolute Gasteiger partial charge is 0.496 e. The Morgan fingerprint density at radius 1 is 1.03 bits per heavy atom. The Kier molecular flexibility index (Phi) is 8.97. The molecule has 0 fully saturated rings. The van der Waals surface area contributed by atoms with Crippen molar-refractivity contribution in [3.8, 4) is 5.75 Å². The first kappa shape index (κ1) is 26.0. The predicted octanol–water partition coefficient (Wildman–Crippen LogP) is 5.11. The van der Waals surface area contributed by atoms with E-state index in [-0.39, 0.29) is 28.0 Å². The number of rotatable bonds is 10. The summed E-state index contributed by atoms with van der Waals surface area (Å²) < 4.78 is 33.5. The maximum Gasteiger partial charge on any atom is 0.245 e. The smallest absolute Gasteiger partial charge is 0.245 e. The number of ether oxygens (including phenoxy) is 1. The van der Waals surface area contributed by atoms with Crippen LogP contribution in [0.5, 0.6) is 5.75 Å². The number of carbonyl (C=O) groups excluding carboxylic acids is 1. The molecule has 0 aliphatic carbocycles. The highest BCUT2D eigenvalue weighted by molar-refractivity contribution is 7.89. The lowest BCUT2D eigenvalue weighted by Gasteiger charge is -2.24. The van der Waals surface area contributed by atoms with Gasteiger partial charge < -0.3 is 10.1 Å². The molecule has 0 heterocycles. The molecule has 0 spiro atoms. The van der Waals surface area contributed by atoms with Crippen molar-refractivity contribution >= 4 is 39.1 Å². The quantitative estimate of drug-likeness (QED) is 0.402. The molecule has 3 aromatic carbocycles. The SMILES string of the molecule is COc1ccccc1[C@@H](C)NC(=O)CN(CCc1ccccc1)S(=O)(=O)c1cc(Cl)ccc1Cl. The lowest BCUT2D eigenvalue weighted by molar-refractivity contribution is -0.121. The predicted molar refractivity (Wildman–Crippen MR) is 135 cm³/mol. The van der Waals surface area contributed by atoms with E-state index in [9.17, 15) is 13.2 Å². The Morgan fingerprint density at radius 2 is 1.71 bits per heavy atom. The highest BCUT2D eigenvalue weighted by Crippen LogP contribution is 2.28. The summed E-state index contributed by atoms with van der Waals surface area (Å²) in [6, 6.07) is 20.6. The number of benzene rings is 3. The molecular weight excluding hydrogens is 495 g/mol. The van der Waals surface area contributed by atoms with Crippen molar-refractivity contribution in [1.29, 1.82) is 0 Å². The van der Waals surface area contributed by atoms with Crippen LogP contribution in [-0.2, 0) is 21.2 Å². The molecule has 1 amide bonds. The van der Waals surface area contributed by atoms with E-state index in [0.717, 1.165) is 15.4 Å². The molecule has 1 N–H and O–H groups in total. The van der Waals surface area contributed by atoms with Gasteiger partial charge >= 0.3 is 0 Å². The van der Waals surface area contributed by atoms with Crippen molar-refractivity contribution in [2.45, 2.75) is 24.3 Å². The third-order valence-corrected chi connectivity index (χ3v) is 7.87. The summed E-state index contributed by atoms with van der Waals surface area (Å²) in [5, 5.41) is 3.14. The van der Waals surface area contributed by atoms with Gasteiger partial charge in [0.15, 0.2) is 0 Å². The Labute approximate surface area is 210 Å². The zero-order valence-electron chi connectivity index (χ0n) is 18.9. The van der Waals surface area contributed by atoms with Crippen molar-refractivity contribution in [3.63, 3.8) is 0 Å². The fourth-order valence-electron chi connectivity index (χ4n) is 3.55. The number of carbonyl (C=O) groups is 1. The van der Waals surface area contributed by atoms with E-state index < -0.39 is 22.0 Å². The van der Waals surface area contributed by atoms with Gasteiger partial charge in [0.1, 0.15) is 10.6 Å². The van der Waals surface area contributed by atoms with E-state index in [1.807, 2.05) is 55.5 Å². The van der Waals surface area contributed by atoms with Crippen LogP contribution in [0.3, 0.4) is 0 Å². The third-order valence-electron chi connectivity index (χ3n) is 5.31. The lowest BCUT2D eigenvalue weighted by Crippen LogP contribution is -2.42. The number of nitrogens with zero attached hydrogens (tertiary/aromatic N) is 1. The van der Waals surface area contributed by atoms with Crippen LogP contribution in [0.15, 0.2) is 77.7 Å². The molecule has 3 rings (SSSR count). The van der Waals surface area contributed by atoms with Gasteiger partial charge in [0.2, 0.25) is 15.9 Å². The standard InChI is InChI=1S/C25H26Cl2N2O4S/c1-18(21-10-6-7-11-23(21)33-2)28-25(30)17-29(15-14-19-8-4-3-5-9-19)34(31,32)24-16-20(26)12-13-22(24)27/h3-13,16,18H,14-15,17H2,1-2H3,(H,28,30)/t18-/m1/s1. The van der Waals surface area contributed by atoms with Gasteiger partial charge in [0.25, 0.3) is 0 Å². The van der Waals surface area contributed by atoms with Crippen molar-refractivity contribution in [2.24, 2.45) is 0 Å². The van der Waals surface area contributed by atoms with Crippen LogP contribution in [0.1, 0.15) is 24.1 Å². The van der Waals surface area contributed by atoms with Crippen molar-refractivity contribution < 1.29 is 17.9 Å². The summed E-state index contributed by atoms with van der Waals surface area (Å²) in [4.78, 5) is 12.8. The maximum atomic E-state index is 13.5. The normalized spacial score (nSPS) is 12.4. The average Bonchev–Trinajstić information content (AvgIpc) is 2.83. The van der Waals surface area contributed by atoms with Gasteiger partial charge in [-0.2, -0.15) is 4.31 Å². The Morgan fingerprint density at radius 3 is 2.41 bits per heavy atom. The lowest BCUT2D eigenvalue weighted by atomic mass is 10.1. The first-order valence-electron chi connectivity index (χ1n) is 10.6. The molecule has 6 nitrogen and oxygen atoms in total. The van der Waals surface area contributed by atoms with Crippen LogP contribution in [0, 0.1) is 0 Å². The van der Waals surface area contributed by atoms with E-state index in [2.05, 4.69) is 5.32 Å². The van der Waals surface area contributed by atoms with Crippen LogP contribution in [0.25, 0.3) is 0 Å². The summed E-state index contributed by atoms with van der Waals surface area (Å²) in [5.41, 5.74) is 1.73. The minimum absolute atomic E-state index is 0.0388. The minimum atomic E-state index is -4.10. The first-order chi connectivity index (χ1) is 16.2. The molecule has 0 saturated carbocycles. The molecule has 0 aliphatic rings. The summed E-state index contributed by atoms with van der Waals surface area (Å²) in [7, 11) is -2.55. The number of halogens is 2. The zero-order valence-corrected chi connectivity index (χ0v) is 21.2. The number of hydrogen-bond donors (Lipinski definition) is 1. The number of sulfonamides is 1. The fraction of sp³-hybridized carbons (Fsp3) is 0.240. The summed E-state index contributed by atoms with van der Waals surface area (Å²) in [6.45, 7) is 1.52. The van der Waals surface area contributed by atoms with Gasteiger partial charge in [-0.3, -0.25) is 4.79 Å². The molecule has 3 aromatic rings. The highest BCUT2D eigenvalue weighted by Gasteiger charge is 2.29. The molecule has 0 unspecified atom stereocenters. The van der Waals surface area contributed by atoms with Crippen LogP contribution >= 0.6 is 23.2 Å². The molecule has 180 valence electrons. The second-order valence-corrected chi connectivity index (χ2v) is 10.4. The molecule has 9 heteroatoms. The van der Waals surface area contributed by atoms with Gasteiger partial charge in [0, 0.05) is 17.1 Å². The van der Waals surface area contributed by atoms with E-state index in [1.165, 1.54) is 18.2 Å². The molecule has 1 atom stereocenters. The fourth-order valence-corrected chi connectivity index (χ4v) is 5.68. The second kappa shape index (κ2) is 11.7. The van der Waals surface area contributed by atoms with Crippen molar-refractivity contribution in [3.05, 3.63) is 94.0 Å². The van der Waals surface area contributed by atoms with Gasteiger partial charge in [-0.15, -0.1) is 0 Å². The first-order valence-corrected chi connectivity index (χ1v) is 12.8. The molecule has 0 bridgehead atoms. The topological polar surface area (TPSA) is 75.7 Å². The zero-order chi connectivity index (χ0) is 24.7. The van der Waals surface area contributed by atoms with Gasteiger partial charge in [-0.25, -0.2) is 8.42 Å². The number of hydrogen-bond acceptors (Lipinski definition) is 4. The number of nitrogens with one attached hydrogen (secondary N) is 1. The van der Waals surface area contributed by atoms with Crippen LogP contribution in [0.2, 0.25) is 10.0 Å². The Hall–Kier alpha value is -2.58. The van der Waals surface area contributed by atoms with Gasteiger partial charge in [-0.05, 0) is 43.2 Å². The van der Waals surface area contributed by atoms with Crippen LogP contribution in [0.4, 0.5) is 0 Å². The molecule has 0 radical (unpaired) electrons. The van der Waals surface area contributed by atoms with Crippen molar-refractivity contribution in [1.82, 2.24) is 9.62 Å². The molecule has 0 saturated heterocycles. The van der Waals surface area contributed by atoms with Crippen LogP contribution < -0.4 is 10.1 Å². The molecular formula is C25H26Cl2N2O4S. The second-order valence-electron chi connectivity index (χ2n) is 7.68. The minimum Gasteiger partial charge on any atom is -0.496 e. The summed E-state index contributed by atoms with van der Waals surface area (Å²) in [5.74, 6) is 0.183. The molecule has 34 heavy (non-hydrogen) atoms. The van der Waals surface area contributed by atoms with Crippen molar-refractivity contribution in [2.75, 3.05) is 20.2 Å². The Balaban J connectivity index is 1.84. The van der Waals surface area contributed by atoms with Gasteiger partial charge in [0.05, 0.1) is 24.7 Å². The number of amides is 1. The Bertz CT molecular complexity index is 1240. The van der Waals surface area contributed by atoms with E-state index in [0.29, 0.717) is 12.2 Å². The van der Waals surface area contributed by atoms with E-state index in [1.54, 1.807) is 13.2 Å². The highest BCUT2D eigenvalue weighted by atomic mass is 35.5. The van der Waals surface area contributed by atoms with E-state index in [4.69, 9.17) is 27.9 Å². The molecule has 0 aromatic heterocycles. The number of methoxy groups -OCH3 is 1. The van der Waals surface area contributed by atoms with Gasteiger partial charge in [-0.1, -0.05) is 71.7 Å². The average molecular weight is 521 g/mol. The number of para-hydroxylation sites is 1. The maximum absolute atomic E-state index is 13.5. The monoisotopic (exact) mass is 520 g/mol.